The molecule has 1 aromatic heterocycles. The number of carbonyl (C=O) groups excluding carboxylic acids is 1. The Labute approximate surface area is 125 Å². The summed E-state index contributed by atoms with van der Waals surface area (Å²) in [6.45, 7) is 6.73. The van der Waals surface area contributed by atoms with Crippen molar-refractivity contribution in [1.29, 1.82) is 0 Å². The highest BCUT2D eigenvalue weighted by Crippen LogP contribution is 2.23. The number of amides is 1. The first kappa shape index (κ1) is 14.3. The molecular weight excluding hydrogens is 266 g/mol. The van der Waals surface area contributed by atoms with Crippen molar-refractivity contribution in [2.75, 3.05) is 44.3 Å². The van der Waals surface area contributed by atoms with Gasteiger partial charge in [-0.25, -0.2) is 4.98 Å². The first-order valence-corrected chi connectivity index (χ1v) is 7.78. The van der Waals surface area contributed by atoms with Gasteiger partial charge < -0.3 is 14.5 Å². The van der Waals surface area contributed by atoms with Crippen LogP contribution in [0.4, 0.5) is 5.82 Å². The summed E-state index contributed by atoms with van der Waals surface area (Å²) in [5.41, 5.74) is 1.18. The van der Waals surface area contributed by atoms with Gasteiger partial charge in [-0.05, 0) is 31.4 Å². The highest BCUT2D eigenvalue weighted by atomic mass is 16.5. The predicted molar refractivity (Wildman–Crippen MR) is 81.3 cm³/mol. The lowest BCUT2D eigenvalue weighted by molar-refractivity contribution is -0.140. The molecule has 2 fully saturated rings. The van der Waals surface area contributed by atoms with Crippen LogP contribution in [0, 0.1) is 12.8 Å². The lowest BCUT2D eigenvalue weighted by Gasteiger charge is -2.36. The number of aromatic nitrogens is 1. The zero-order chi connectivity index (χ0) is 14.7. The molecule has 0 N–H and O–H groups in total. The molecule has 0 atom stereocenters. The van der Waals surface area contributed by atoms with E-state index in [4.69, 9.17) is 4.74 Å². The number of morpholine rings is 1. The molecule has 1 aromatic rings. The van der Waals surface area contributed by atoms with Crippen molar-refractivity contribution in [2.45, 2.75) is 19.8 Å². The minimum atomic E-state index is 0.171. The van der Waals surface area contributed by atoms with Crippen LogP contribution in [0.1, 0.15) is 18.4 Å². The highest BCUT2D eigenvalue weighted by molar-refractivity contribution is 5.79. The average molecular weight is 289 g/mol. The van der Waals surface area contributed by atoms with Crippen molar-refractivity contribution in [3.05, 3.63) is 23.9 Å². The number of piperidine rings is 1. The minimum absolute atomic E-state index is 0.171. The number of pyridine rings is 1. The van der Waals surface area contributed by atoms with Gasteiger partial charge in [0.1, 0.15) is 5.82 Å². The van der Waals surface area contributed by atoms with Crippen LogP contribution in [0.5, 0.6) is 0 Å². The maximum absolute atomic E-state index is 12.5. The summed E-state index contributed by atoms with van der Waals surface area (Å²) in [5, 5.41) is 0. The van der Waals surface area contributed by atoms with E-state index < -0.39 is 0 Å². The summed E-state index contributed by atoms with van der Waals surface area (Å²) < 4.78 is 5.31. The van der Waals surface area contributed by atoms with E-state index in [9.17, 15) is 4.79 Å². The van der Waals surface area contributed by atoms with E-state index in [1.807, 2.05) is 18.0 Å². The molecule has 3 heterocycles. The monoisotopic (exact) mass is 289 g/mol. The molecule has 0 spiro atoms. The summed E-state index contributed by atoms with van der Waals surface area (Å²) in [6.07, 6.45) is 3.75. The van der Waals surface area contributed by atoms with Crippen molar-refractivity contribution in [3.63, 3.8) is 0 Å². The van der Waals surface area contributed by atoms with Crippen LogP contribution >= 0.6 is 0 Å². The molecule has 21 heavy (non-hydrogen) atoms. The second-order valence-electron chi connectivity index (χ2n) is 5.89. The van der Waals surface area contributed by atoms with Crippen LogP contribution in [0.25, 0.3) is 0 Å². The summed E-state index contributed by atoms with van der Waals surface area (Å²) in [5.74, 6) is 1.51. The van der Waals surface area contributed by atoms with Gasteiger partial charge in [-0.1, -0.05) is 6.07 Å². The Balaban J connectivity index is 1.54. The number of rotatable bonds is 2. The first-order chi connectivity index (χ1) is 10.2. The lowest BCUT2D eigenvalue weighted by Crippen LogP contribution is -2.46. The summed E-state index contributed by atoms with van der Waals surface area (Å²) in [4.78, 5) is 21.2. The molecule has 2 aliphatic heterocycles. The molecule has 114 valence electrons. The van der Waals surface area contributed by atoms with E-state index in [1.165, 1.54) is 5.56 Å². The summed E-state index contributed by atoms with van der Waals surface area (Å²) in [6, 6.07) is 4.16. The molecule has 5 nitrogen and oxygen atoms in total. The van der Waals surface area contributed by atoms with Crippen LogP contribution in [-0.2, 0) is 9.53 Å². The molecule has 0 saturated carbocycles. The number of hydrogen-bond acceptors (Lipinski definition) is 4. The quantitative estimate of drug-likeness (QED) is 0.827. The number of anilines is 1. The number of ether oxygens (including phenoxy) is 1. The number of carbonyl (C=O) groups is 1. The lowest BCUT2D eigenvalue weighted by atomic mass is 9.95. The van der Waals surface area contributed by atoms with E-state index >= 15 is 0 Å². The highest BCUT2D eigenvalue weighted by Gasteiger charge is 2.29. The van der Waals surface area contributed by atoms with E-state index in [0.717, 1.165) is 44.8 Å². The van der Waals surface area contributed by atoms with Gasteiger partial charge in [-0.3, -0.25) is 4.79 Å². The largest absolute Gasteiger partial charge is 0.378 e. The Bertz CT molecular complexity index is 475. The van der Waals surface area contributed by atoms with E-state index in [1.54, 1.807) is 0 Å². The van der Waals surface area contributed by atoms with Crippen LogP contribution in [0.3, 0.4) is 0 Å². The van der Waals surface area contributed by atoms with Crippen molar-refractivity contribution >= 4 is 11.7 Å². The van der Waals surface area contributed by atoms with Gasteiger partial charge in [0.15, 0.2) is 0 Å². The Morgan fingerprint density at radius 1 is 1.19 bits per heavy atom. The fraction of sp³-hybridized carbons (Fsp3) is 0.625. The third kappa shape index (κ3) is 3.35. The van der Waals surface area contributed by atoms with Gasteiger partial charge >= 0.3 is 0 Å². The first-order valence-electron chi connectivity index (χ1n) is 7.78. The molecule has 0 unspecified atom stereocenters. The van der Waals surface area contributed by atoms with Gasteiger partial charge in [0.25, 0.3) is 0 Å². The van der Waals surface area contributed by atoms with Crippen LogP contribution in [0.15, 0.2) is 18.3 Å². The molecular formula is C16H23N3O2. The fourth-order valence-electron chi connectivity index (χ4n) is 3.04. The van der Waals surface area contributed by atoms with Crippen molar-refractivity contribution < 1.29 is 9.53 Å². The number of hydrogen-bond donors (Lipinski definition) is 0. The van der Waals surface area contributed by atoms with E-state index in [2.05, 4.69) is 22.0 Å². The third-order valence-corrected chi connectivity index (χ3v) is 4.39. The average Bonchev–Trinajstić information content (AvgIpc) is 2.56. The predicted octanol–water partition coefficient (Wildman–Crippen LogP) is 1.47. The molecule has 3 rings (SSSR count). The van der Waals surface area contributed by atoms with Crippen LogP contribution < -0.4 is 4.90 Å². The van der Waals surface area contributed by atoms with Crippen molar-refractivity contribution in [3.8, 4) is 0 Å². The summed E-state index contributed by atoms with van der Waals surface area (Å²) in [7, 11) is 0. The molecule has 5 heteroatoms. The Kier molecular flexibility index (Phi) is 4.39. The van der Waals surface area contributed by atoms with E-state index in [-0.39, 0.29) is 5.92 Å². The Morgan fingerprint density at radius 2 is 1.90 bits per heavy atom. The summed E-state index contributed by atoms with van der Waals surface area (Å²) >= 11 is 0. The smallest absolute Gasteiger partial charge is 0.225 e. The normalized spacial score (nSPS) is 20.6. The third-order valence-electron chi connectivity index (χ3n) is 4.39. The van der Waals surface area contributed by atoms with Gasteiger partial charge in [0, 0.05) is 38.3 Å². The molecule has 0 radical (unpaired) electrons. The standard InChI is InChI=1S/C16H23N3O2/c1-13-2-3-15(17-12-13)18-6-4-14(5-7-18)16(20)19-8-10-21-11-9-19/h2-3,12,14H,4-11H2,1H3. The van der Waals surface area contributed by atoms with Crippen molar-refractivity contribution in [1.82, 2.24) is 9.88 Å². The van der Waals surface area contributed by atoms with Crippen molar-refractivity contribution in [2.24, 2.45) is 5.92 Å². The maximum atomic E-state index is 12.5. The minimum Gasteiger partial charge on any atom is -0.378 e. The molecule has 2 aliphatic rings. The van der Waals surface area contributed by atoms with Crippen LogP contribution in [0.2, 0.25) is 0 Å². The van der Waals surface area contributed by atoms with Gasteiger partial charge in [0.2, 0.25) is 5.91 Å². The zero-order valence-corrected chi connectivity index (χ0v) is 12.6. The number of aryl methyl sites for hydroxylation is 1. The fourth-order valence-corrected chi connectivity index (χ4v) is 3.04. The molecule has 0 aliphatic carbocycles. The number of nitrogens with zero attached hydrogens (tertiary/aromatic N) is 3. The van der Waals surface area contributed by atoms with Gasteiger partial charge in [-0.2, -0.15) is 0 Å². The molecule has 0 bridgehead atoms. The topological polar surface area (TPSA) is 45.7 Å². The van der Waals surface area contributed by atoms with E-state index in [0.29, 0.717) is 19.1 Å². The Hall–Kier alpha value is -1.62. The van der Waals surface area contributed by atoms with Gasteiger partial charge in [-0.15, -0.1) is 0 Å². The van der Waals surface area contributed by atoms with Crippen LogP contribution in [-0.4, -0.2) is 55.2 Å². The molecule has 1 amide bonds. The second kappa shape index (κ2) is 6.43. The maximum Gasteiger partial charge on any atom is 0.225 e. The van der Waals surface area contributed by atoms with Gasteiger partial charge in [0.05, 0.1) is 13.2 Å². The zero-order valence-electron chi connectivity index (χ0n) is 12.6. The molecule has 2 saturated heterocycles. The Morgan fingerprint density at radius 3 is 2.52 bits per heavy atom. The molecule has 0 aromatic carbocycles. The second-order valence-corrected chi connectivity index (χ2v) is 5.89. The SMILES string of the molecule is Cc1ccc(N2CCC(C(=O)N3CCOCC3)CC2)nc1.